The first-order chi connectivity index (χ1) is 12.4. The average Bonchev–Trinajstić information content (AvgIpc) is 2.62. The minimum Gasteiger partial charge on any atom is -0.478 e. The molecule has 0 atom stereocenters. The third kappa shape index (κ3) is 3.81. The van der Waals surface area contributed by atoms with E-state index in [0.717, 1.165) is 27.5 Å². The summed E-state index contributed by atoms with van der Waals surface area (Å²) >= 11 is 0. The Morgan fingerprint density at radius 3 is 2.42 bits per heavy atom. The third-order valence-electron chi connectivity index (χ3n) is 4.22. The van der Waals surface area contributed by atoms with Crippen molar-refractivity contribution >= 4 is 33.9 Å². The molecule has 1 amide bonds. The minimum absolute atomic E-state index is 0.0788. The zero-order chi connectivity index (χ0) is 18.7. The van der Waals surface area contributed by atoms with Crippen LogP contribution in [0.5, 0.6) is 0 Å². The van der Waals surface area contributed by atoms with Gasteiger partial charge in [0.25, 0.3) is 0 Å². The molecule has 4 heteroatoms. The Balaban J connectivity index is 1.85. The molecule has 0 aliphatic rings. The lowest BCUT2D eigenvalue weighted by Gasteiger charge is -2.09. The van der Waals surface area contributed by atoms with Crippen molar-refractivity contribution in [3.63, 3.8) is 0 Å². The Bertz CT molecular complexity index is 1030. The van der Waals surface area contributed by atoms with Gasteiger partial charge in [0.05, 0.1) is 11.3 Å². The molecule has 0 unspecified atom stereocenters. The maximum absolute atomic E-state index is 12.3. The zero-order valence-corrected chi connectivity index (χ0v) is 14.6. The number of carbonyl (C=O) groups is 2. The average molecular weight is 345 g/mol. The molecule has 26 heavy (non-hydrogen) atoms. The molecular weight excluding hydrogens is 326 g/mol. The molecule has 0 aliphatic heterocycles. The van der Waals surface area contributed by atoms with E-state index >= 15 is 0 Å². The van der Waals surface area contributed by atoms with E-state index in [2.05, 4.69) is 5.32 Å². The highest BCUT2D eigenvalue weighted by Gasteiger charge is 2.12. The van der Waals surface area contributed by atoms with Crippen molar-refractivity contribution in [3.05, 3.63) is 83.4 Å². The van der Waals surface area contributed by atoms with Crippen molar-refractivity contribution in [2.24, 2.45) is 0 Å². The Morgan fingerprint density at radius 2 is 1.69 bits per heavy atom. The van der Waals surface area contributed by atoms with Crippen molar-refractivity contribution in [3.8, 4) is 0 Å². The van der Waals surface area contributed by atoms with E-state index in [4.69, 9.17) is 0 Å². The van der Waals surface area contributed by atoms with E-state index in [1.54, 1.807) is 12.1 Å². The number of hydrogen-bond donors (Lipinski definition) is 2. The zero-order valence-electron chi connectivity index (χ0n) is 14.6. The number of benzene rings is 3. The minimum atomic E-state index is -1.07. The Labute approximate surface area is 151 Å². The topological polar surface area (TPSA) is 66.4 Å². The largest absolute Gasteiger partial charge is 0.478 e. The second kappa shape index (κ2) is 7.23. The summed E-state index contributed by atoms with van der Waals surface area (Å²) in [7, 11) is 0. The number of aromatic carboxylic acids is 1. The number of hydrogen-bond acceptors (Lipinski definition) is 2. The molecule has 0 spiro atoms. The Kier molecular flexibility index (Phi) is 4.85. The SMILES string of the molecule is C/C(=C/C(=O)Nc1ccc(C)cc1C(=O)O)c1ccc2ccccc2c1. The summed E-state index contributed by atoms with van der Waals surface area (Å²) in [5.41, 5.74) is 2.94. The van der Waals surface area contributed by atoms with Gasteiger partial charge in [-0.25, -0.2) is 4.79 Å². The quantitative estimate of drug-likeness (QED) is 0.662. The molecule has 3 aromatic carbocycles. The fourth-order valence-corrected chi connectivity index (χ4v) is 2.83. The first-order valence-corrected chi connectivity index (χ1v) is 8.26. The van der Waals surface area contributed by atoms with Crippen molar-refractivity contribution in [1.29, 1.82) is 0 Å². The summed E-state index contributed by atoms with van der Waals surface area (Å²) in [6, 6.07) is 19.0. The lowest BCUT2D eigenvalue weighted by Crippen LogP contribution is -2.12. The third-order valence-corrected chi connectivity index (χ3v) is 4.22. The van der Waals surface area contributed by atoms with Gasteiger partial charge in [-0.15, -0.1) is 0 Å². The van der Waals surface area contributed by atoms with Gasteiger partial charge in [0.15, 0.2) is 0 Å². The number of anilines is 1. The maximum atomic E-state index is 12.3. The van der Waals surface area contributed by atoms with E-state index in [0.29, 0.717) is 0 Å². The normalized spacial score (nSPS) is 11.4. The van der Waals surface area contributed by atoms with Gasteiger partial charge in [-0.3, -0.25) is 4.79 Å². The number of carboxylic acids is 1. The van der Waals surface area contributed by atoms with Crippen molar-refractivity contribution < 1.29 is 14.7 Å². The van der Waals surface area contributed by atoms with E-state index in [1.165, 1.54) is 12.1 Å². The highest BCUT2D eigenvalue weighted by atomic mass is 16.4. The second-order valence-electron chi connectivity index (χ2n) is 6.23. The van der Waals surface area contributed by atoms with Gasteiger partial charge in [-0.1, -0.05) is 48.0 Å². The number of aryl methyl sites for hydroxylation is 1. The first-order valence-electron chi connectivity index (χ1n) is 8.26. The Hall–Kier alpha value is -3.40. The van der Waals surface area contributed by atoms with Crippen LogP contribution in [0.1, 0.15) is 28.4 Å². The highest BCUT2D eigenvalue weighted by molar-refractivity contribution is 6.07. The molecule has 4 nitrogen and oxygen atoms in total. The smallest absolute Gasteiger partial charge is 0.337 e. The first kappa shape index (κ1) is 17.4. The molecule has 130 valence electrons. The molecule has 0 heterocycles. The molecule has 0 aliphatic carbocycles. The number of allylic oxidation sites excluding steroid dienone is 1. The highest BCUT2D eigenvalue weighted by Crippen LogP contribution is 2.22. The Morgan fingerprint density at radius 1 is 0.962 bits per heavy atom. The molecule has 3 rings (SSSR count). The summed E-state index contributed by atoms with van der Waals surface area (Å²) in [5, 5.41) is 14.2. The molecule has 0 radical (unpaired) electrons. The summed E-state index contributed by atoms with van der Waals surface area (Å²) in [6.07, 6.45) is 1.48. The molecule has 3 aromatic rings. The van der Waals surface area contributed by atoms with E-state index in [9.17, 15) is 14.7 Å². The predicted molar refractivity (Wildman–Crippen MR) is 104 cm³/mol. The van der Waals surface area contributed by atoms with Crippen LogP contribution >= 0.6 is 0 Å². The lowest BCUT2D eigenvalue weighted by molar-refractivity contribution is -0.111. The fraction of sp³-hybridized carbons (Fsp3) is 0.0909. The van der Waals surface area contributed by atoms with E-state index in [-0.39, 0.29) is 17.2 Å². The number of amides is 1. The van der Waals surface area contributed by atoms with E-state index in [1.807, 2.05) is 56.3 Å². The second-order valence-corrected chi connectivity index (χ2v) is 6.23. The van der Waals surface area contributed by atoms with Gasteiger partial charge < -0.3 is 10.4 Å². The van der Waals surface area contributed by atoms with Crippen molar-refractivity contribution in [1.82, 2.24) is 0 Å². The predicted octanol–water partition coefficient (Wildman–Crippen LogP) is 4.89. The van der Waals surface area contributed by atoms with Gasteiger partial charge in [-0.05, 0) is 54.0 Å². The monoisotopic (exact) mass is 345 g/mol. The van der Waals surface area contributed by atoms with Gasteiger partial charge in [0.1, 0.15) is 0 Å². The van der Waals surface area contributed by atoms with Crippen molar-refractivity contribution in [2.75, 3.05) is 5.32 Å². The number of carbonyl (C=O) groups excluding carboxylic acids is 1. The lowest BCUT2D eigenvalue weighted by atomic mass is 10.0. The number of carboxylic acid groups (broad SMARTS) is 1. The van der Waals surface area contributed by atoms with Gasteiger partial charge in [0, 0.05) is 6.08 Å². The number of rotatable bonds is 4. The van der Waals surface area contributed by atoms with Crippen LogP contribution in [0, 0.1) is 6.92 Å². The summed E-state index contributed by atoms with van der Waals surface area (Å²) in [6.45, 7) is 3.67. The fourth-order valence-electron chi connectivity index (χ4n) is 2.83. The number of fused-ring (bicyclic) bond motifs is 1. The van der Waals surface area contributed by atoms with Crippen LogP contribution in [0.15, 0.2) is 66.7 Å². The summed E-state index contributed by atoms with van der Waals surface area (Å²) in [4.78, 5) is 23.7. The van der Waals surface area contributed by atoms with Gasteiger partial charge >= 0.3 is 5.97 Å². The van der Waals surface area contributed by atoms with Crippen molar-refractivity contribution in [2.45, 2.75) is 13.8 Å². The van der Waals surface area contributed by atoms with Gasteiger partial charge in [0.2, 0.25) is 5.91 Å². The molecule has 0 bridgehead atoms. The van der Waals surface area contributed by atoms with Crippen LogP contribution in [-0.4, -0.2) is 17.0 Å². The van der Waals surface area contributed by atoms with Crippen LogP contribution in [-0.2, 0) is 4.79 Å². The summed E-state index contributed by atoms with van der Waals surface area (Å²) < 4.78 is 0. The standard InChI is InChI=1S/C22H19NO3/c1-14-7-10-20(19(11-14)22(25)26)23-21(24)12-15(2)17-9-8-16-5-3-4-6-18(16)13-17/h3-13H,1-2H3,(H,23,24)(H,25,26)/b15-12-. The van der Waals surface area contributed by atoms with Crippen LogP contribution in [0.3, 0.4) is 0 Å². The van der Waals surface area contributed by atoms with E-state index < -0.39 is 5.97 Å². The molecule has 0 saturated carbocycles. The van der Waals surface area contributed by atoms with Crippen LogP contribution in [0.2, 0.25) is 0 Å². The molecule has 0 aromatic heterocycles. The number of nitrogens with one attached hydrogen (secondary N) is 1. The van der Waals surface area contributed by atoms with Crippen LogP contribution in [0.25, 0.3) is 16.3 Å². The molecule has 2 N–H and O–H groups in total. The van der Waals surface area contributed by atoms with Gasteiger partial charge in [-0.2, -0.15) is 0 Å². The molecule has 0 fully saturated rings. The van der Waals surface area contributed by atoms with Crippen LogP contribution < -0.4 is 5.32 Å². The molecular formula is C22H19NO3. The molecule has 0 saturated heterocycles. The van der Waals surface area contributed by atoms with Crippen LogP contribution in [0.4, 0.5) is 5.69 Å². The summed E-state index contributed by atoms with van der Waals surface area (Å²) in [5.74, 6) is -1.43. The maximum Gasteiger partial charge on any atom is 0.337 e.